The van der Waals surface area contributed by atoms with Crippen molar-refractivity contribution in [3.8, 4) is 11.5 Å². The van der Waals surface area contributed by atoms with E-state index in [-0.39, 0.29) is 41.2 Å². The van der Waals surface area contributed by atoms with Gasteiger partial charge < -0.3 is 19.7 Å². The predicted octanol–water partition coefficient (Wildman–Crippen LogP) is 5.54. The summed E-state index contributed by atoms with van der Waals surface area (Å²) in [6.45, 7) is 4.79. The summed E-state index contributed by atoms with van der Waals surface area (Å²) in [6.07, 6.45) is 0.281. The number of ether oxygens (including phenoxy) is 2. The summed E-state index contributed by atoms with van der Waals surface area (Å²) in [4.78, 5) is 28.6. The van der Waals surface area contributed by atoms with Gasteiger partial charge in [0.2, 0.25) is 11.8 Å². The average Bonchev–Trinajstić information content (AvgIpc) is 2.96. The molecule has 9 nitrogen and oxygen atoms in total. The van der Waals surface area contributed by atoms with Crippen LogP contribution in [0.1, 0.15) is 32.8 Å². The Morgan fingerprint density at radius 2 is 1.60 bits per heavy atom. The second-order valence-corrected chi connectivity index (χ2v) is 12.4. The number of benzene rings is 3. The second-order valence-electron chi connectivity index (χ2n) is 9.71. The van der Waals surface area contributed by atoms with Gasteiger partial charge in [0.1, 0.15) is 12.6 Å². The molecule has 42 heavy (non-hydrogen) atoms. The fourth-order valence-electron chi connectivity index (χ4n) is 4.36. The van der Waals surface area contributed by atoms with E-state index in [1.54, 1.807) is 55.5 Å². The fourth-order valence-corrected chi connectivity index (χ4v) is 6.26. The van der Waals surface area contributed by atoms with Crippen LogP contribution in [0.25, 0.3) is 0 Å². The number of hydrogen-bond acceptors (Lipinski definition) is 6. The van der Waals surface area contributed by atoms with Gasteiger partial charge in [-0.1, -0.05) is 54.4 Å². The highest BCUT2D eigenvalue weighted by Gasteiger charge is 2.34. The van der Waals surface area contributed by atoms with Gasteiger partial charge in [0.05, 0.1) is 24.8 Å². The Balaban J connectivity index is 2.10. The number of sulfonamides is 1. The molecule has 0 aliphatic heterocycles. The van der Waals surface area contributed by atoms with Crippen molar-refractivity contribution in [2.45, 2.75) is 50.7 Å². The molecule has 0 aliphatic rings. The van der Waals surface area contributed by atoms with Crippen LogP contribution >= 0.6 is 23.2 Å². The molecule has 226 valence electrons. The minimum Gasteiger partial charge on any atom is -0.493 e. The molecule has 0 heterocycles. The Labute approximate surface area is 257 Å². The molecule has 2 amide bonds. The smallest absolute Gasteiger partial charge is 0.264 e. The molecule has 0 fully saturated rings. The average molecular weight is 637 g/mol. The number of carbonyl (C=O) groups excluding carboxylic acids is 2. The Kier molecular flexibility index (Phi) is 11.5. The molecule has 0 bridgehead atoms. The molecule has 0 unspecified atom stereocenters. The van der Waals surface area contributed by atoms with E-state index in [4.69, 9.17) is 32.7 Å². The molecule has 0 saturated heterocycles. The zero-order valence-electron chi connectivity index (χ0n) is 24.1. The second kappa shape index (κ2) is 14.6. The van der Waals surface area contributed by atoms with Gasteiger partial charge in [0.15, 0.2) is 11.5 Å². The van der Waals surface area contributed by atoms with Gasteiger partial charge in [0.25, 0.3) is 10.0 Å². The number of hydrogen-bond donors (Lipinski definition) is 1. The summed E-state index contributed by atoms with van der Waals surface area (Å²) in [5.74, 6) is -0.389. The molecule has 1 atom stereocenters. The van der Waals surface area contributed by atoms with E-state index >= 15 is 0 Å². The van der Waals surface area contributed by atoms with Crippen LogP contribution in [0.4, 0.5) is 5.69 Å². The maximum absolute atomic E-state index is 14.1. The summed E-state index contributed by atoms with van der Waals surface area (Å²) < 4.78 is 39.7. The number of rotatable bonds is 13. The minimum absolute atomic E-state index is 0.0438. The summed E-state index contributed by atoms with van der Waals surface area (Å²) in [7, 11) is -1.44. The fraction of sp³-hybridized carbons (Fsp3) is 0.333. The Bertz CT molecular complexity index is 1500. The lowest BCUT2D eigenvalue weighted by Gasteiger charge is -2.33. The summed E-state index contributed by atoms with van der Waals surface area (Å²) in [5, 5.41) is 3.59. The first-order valence-corrected chi connectivity index (χ1v) is 15.5. The van der Waals surface area contributed by atoms with Gasteiger partial charge in [-0.25, -0.2) is 8.42 Å². The molecule has 0 radical (unpaired) electrons. The van der Waals surface area contributed by atoms with E-state index in [1.807, 2.05) is 13.8 Å². The van der Waals surface area contributed by atoms with Gasteiger partial charge in [0, 0.05) is 28.7 Å². The molecule has 3 aromatic rings. The maximum Gasteiger partial charge on any atom is 0.264 e. The minimum atomic E-state index is -4.29. The van der Waals surface area contributed by atoms with Gasteiger partial charge in [-0.15, -0.1) is 0 Å². The molecule has 0 spiro atoms. The first-order chi connectivity index (χ1) is 19.9. The van der Waals surface area contributed by atoms with E-state index in [2.05, 4.69) is 5.32 Å². The van der Waals surface area contributed by atoms with Crippen molar-refractivity contribution in [2.75, 3.05) is 25.1 Å². The van der Waals surface area contributed by atoms with E-state index in [1.165, 1.54) is 37.3 Å². The van der Waals surface area contributed by atoms with Crippen molar-refractivity contribution < 1.29 is 27.5 Å². The highest BCUT2D eigenvalue weighted by Crippen LogP contribution is 2.32. The normalized spacial score (nSPS) is 12.0. The Morgan fingerprint density at radius 3 is 2.17 bits per heavy atom. The highest BCUT2D eigenvalue weighted by atomic mass is 35.5. The van der Waals surface area contributed by atoms with Gasteiger partial charge in [-0.05, 0) is 62.2 Å². The molecular formula is C30H35Cl2N3O6S. The summed E-state index contributed by atoms with van der Waals surface area (Å²) >= 11 is 12.5. The number of anilines is 1. The zero-order valence-corrected chi connectivity index (χ0v) is 26.5. The Morgan fingerprint density at radius 1 is 0.929 bits per heavy atom. The number of carbonyl (C=O) groups is 2. The lowest BCUT2D eigenvalue weighted by atomic mass is 10.1. The van der Waals surface area contributed by atoms with Crippen LogP contribution < -0.4 is 19.1 Å². The van der Waals surface area contributed by atoms with Crippen molar-refractivity contribution in [1.29, 1.82) is 0 Å². The van der Waals surface area contributed by atoms with E-state index in [0.29, 0.717) is 21.4 Å². The number of para-hydroxylation sites is 1. The van der Waals surface area contributed by atoms with Crippen LogP contribution in [0.3, 0.4) is 0 Å². The van der Waals surface area contributed by atoms with Crippen LogP contribution in [0.15, 0.2) is 71.6 Å². The van der Waals surface area contributed by atoms with E-state index in [0.717, 1.165) is 4.31 Å². The quantitative estimate of drug-likeness (QED) is 0.264. The molecule has 3 rings (SSSR count). The first kappa shape index (κ1) is 33.0. The van der Waals surface area contributed by atoms with Crippen molar-refractivity contribution in [3.63, 3.8) is 0 Å². The molecule has 1 N–H and O–H groups in total. The van der Waals surface area contributed by atoms with Crippen molar-refractivity contribution >= 4 is 50.7 Å². The molecule has 0 aliphatic carbocycles. The van der Waals surface area contributed by atoms with Gasteiger partial charge >= 0.3 is 0 Å². The number of nitrogens with zero attached hydrogens (tertiary/aromatic N) is 2. The topological polar surface area (TPSA) is 105 Å². The maximum atomic E-state index is 14.1. The number of halogens is 2. The van der Waals surface area contributed by atoms with Crippen LogP contribution in [0.5, 0.6) is 11.5 Å². The van der Waals surface area contributed by atoms with E-state index in [9.17, 15) is 18.0 Å². The Hall–Kier alpha value is -3.47. The molecular weight excluding hydrogens is 601 g/mol. The summed E-state index contributed by atoms with van der Waals surface area (Å²) in [6, 6.07) is 16.3. The molecule has 3 aromatic carbocycles. The lowest BCUT2D eigenvalue weighted by Crippen LogP contribution is -2.53. The van der Waals surface area contributed by atoms with E-state index < -0.39 is 28.5 Å². The number of amides is 2. The van der Waals surface area contributed by atoms with Crippen molar-refractivity contribution in [3.05, 3.63) is 82.3 Å². The van der Waals surface area contributed by atoms with Gasteiger partial charge in [-0.2, -0.15) is 0 Å². The highest BCUT2D eigenvalue weighted by molar-refractivity contribution is 7.92. The van der Waals surface area contributed by atoms with Gasteiger partial charge in [-0.3, -0.25) is 13.9 Å². The number of nitrogens with one attached hydrogen (secondary N) is 1. The standard InChI is InChI=1S/C30H35Cl2N3O6S/c1-6-26(30(37)33-20(2)3)34(18-21-12-13-22(31)16-25(21)32)29(36)19-35(23-10-8-7-9-11-23)42(38,39)24-14-15-27(40-4)28(17-24)41-5/h7-17,20,26H,6,18-19H2,1-5H3,(H,33,37)/t26-/m0/s1. The predicted molar refractivity (Wildman–Crippen MR) is 165 cm³/mol. The number of methoxy groups -OCH3 is 2. The molecule has 0 saturated carbocycles. The largest absolute Gasteiger partial charge is 0.493 e. The molecule has 0 aromatic heterocycles. The zero-order chi connectivity index (χ0) is 31.0. The SMILES string of the molecule is CC[C@@H](C(=O)NC(C)C)N(Cc1ccc(Cl)cc1Cl)C(=O)CN(c1ccccc1)S(=O)(=O)c1ccc(OC)c(OC)c1. The lowest BCUT2D eigenvalue weighted by molar-refractivity contribution is -0.140. The summed E-state index contributed by atoms with van der Waals surface area (Å²) in [5.41, 5.74) is 0.823. The van der Waals surface area contributed by atoms with Crippen molar-refractivity contribution in [2.24, 2.45) is 0 Å². The third-order valence-electron chi connectivity index (χ3n) is 6.44. The van der Waals surface area contributed by atoms with Crippen LogP contribution in [0, 0.1) is 0 Å². The van der Waals surface area contributed by atoms with Crippen LogP contribution in [-0.2, 0) is 26.2 Å². The monoisotopic (exact) mass is 635 g/mol. The van der Waals surface area contributed by atoms with Crippen LogP contribution in [-0.4, -0.2) is 58.0 Å². The molecule has 12 heteroatoms. The van der Waals surface area contributed by atoms with Crippen LogP contribution in [0.2, 0.25) is 10.0 Å². The third kappa shape index (κ3) is 7.87. The van der Waals surface area contributed by atoms with Crippen molar-refractivity contribution in [1.82, 2.24) is 10.2 Å². The first-order valence-electron chi connectivity index (χ1n) is 13.3. The third-order valence-corrected chi connectivity index (χ3v) is 8.80.